The Hall–Kier alpha value is -1.71. The fourth-order valence-electron chi connectivity index (χ4n) is 0.855. The lowest BCUT2D eigenvalue weighted by molar-refractivity contribution is 0.534. The summed E-state index contributed by atoms with van der Waals surface area (Å²) in [5.74, 6) is 0. The molecule has 1 rings (SSSR count). The lowest BCUT2D eigenvalue weighted by atomic mass is 10.2. The Morgan fingerprint density at radius 3 is 2.62 bits per heavy atom. The highest BCUT2D eigenvalue weighted by Gasteiger charge is 2.06. The molecule has 13 heavy (non-hydrogen) atoms. The summed E-state index contributed by atoms with van der Waals surface area (Å²) >= 11 is 0. The Morgan fingerprint density at radius 1 is 1.38 bits per heavy atom. The second-order valence-corrected chi connectivity index (χ2v) is 2.40. The molecule has 0 spiro atoms. The molecule has 0 saturated carbocycles. The van der Waals surface area contributed by atoms with E-state index in [1.165, 1.54) is 0 Å². The van der Waals surface area contributed by atoms with Crippen LogP contribution in [0.1, 0.15) is 6.42 Å². The number of aromatic nitrogens is 1. The fraction of sp³-hybridized carbons (Fsp3) is 0.222. The molecule has 1 aromatic heterocycles. The van der Waals surface area contributed by atoms with Gasteiger partial charge in [-0.1, -0.05) is 0 Å². The predicted molar refractivity (Wildman–Crippen MR) is 47.7 cm³/mol. The van der Waals surface area contributed by atoms with Gasteiger partial charge in [-0.2, -0.15) is 0 Å². The highest BCUT2D eigenvalue weighted by molar-refractivity contribution is 5.70. The number of rotatable bonds is 5. The van der Waals surface area contributed by atoms with Crippen LogP contribution in [0.3, 0.4) is 0 Å². The monoisotopic (exact) mass is 176 g/mol. The molecular weight excluding hydrogens is 168 g/mol. The van der Waals surface area contributed by atoms with Crippen molar-refractivity contribution in [2.45, 2.75) is 12.5 Å². The van der Waals surface area contributed by atoms with Gasteiger partial charge < -0.3 is 5.32 Å². The Morgan fingerprint density at radius 2 is 2.08 bits per heavy atom. The van der Waals surface area contributed by atoms with Crippen molar-refractivity contribution in [3.8, 4) is 0 Å². The van der Waals surface area contributed by atoms with Crippen molar-refractivity contribution in [1.29, 1.82) is 0 Å². The Kier molecular flexibility index (Phi) is 3.63. The molecule has 0 aliphatic heterocycles. The van der Waals surface area contributed by atoms with Crippen molar-refractivity contribution in [3.63, 3.8) is 0 Å². The van der Waals surface area contributed by atoms with E-state index < -0.39 is 6.04 Å². The van der Waals surface area contributed by atoms with E-state index in [0.29, 0.717) is 0 Å². The highest BCUT2D eigenvalue weighted by Crippen LogP contribution is 2.05. The maximum Gasteiger partial charge on any atom is 0.223 e. The van der Waals surface area contributed by atoms with Crippen LogP contribution >= 0.6 is 0 Å². The van der Waals surface area contributed by atoms with E-state index in [1.54, 1.807) is 37.1 Å². The van der Waals surface area contributed by atoms with Gasteiger partial charge in [0.1, 0.15) is 6.04 Å². The molecule has 1 aromatic rings. The second kappa shape index (κ2) is 5.03. The number of hydrogen-bond donors (Lipinski definition) is 1. The van der Waals surface area contributed by atoms with Crippen molar-refractivity contribution in [1.82, 2.24) is 4.98 Å². The van der Waals surface area contributed by atoms with Crippen LogP contribution in [-0.2, 0) is 9.59 Å². The highest BCUT2D eigenvalue weighted by atomic mass is 16.1. The summed E-state index contributed by atoms with van der Waals surface area (Å²) in [6, 6.07) is 2.78. The van der Waals surface area contributed by atoms with Crippen LogP contribution in [0.25, 0.3) is 0 Å². The van der Waals surface area contributed by atoms with Crippen molar-refractivity contribution in [2.24, 2.45) is 0 Å². The second-order valence-electron chi connectivity index (χ2n) is 2.40. The Labute approximate surface area is 76.0 Å². The molecule has 0 fully saturated rings. The van der Waals surface area contributed by atoms with E-state index in [2.05, 4.69) is 10.3 Å². The van der Waals surface area contributed by atoms with E-state index >= 15 is 0 Å². The normalized spacial score (nSPS) is 11.7. The standard InChI is InChI=1S/C9H8N2O2/c12-6-3-9(7-13)11-8-1-4-10-5-2-8/h1-2,4-5,9H,3H2,(H,10,11). The summed E-state index contributed by atoms with van der Waals surface area (Å²) in [4.78, 5) is 24.1. The summed E-state index contributed by atoms with van der Waals surface area (Å²) in [6.07, 6.45) is 6.55. The van der Waals surface area contributed by atoms with Crippen LogP contribution in [0.2, 0.25) is 0 Å². The molecule has 1 heterocycles. The molecule has 0 amide bonds. The minimum atomic E-state index is -0.625. The molecule has 0 aromatic carbocycles. The third-order valence-corrected chi connectivity index (χ3v) is 1.45. The summed E-state index contributed by atoms with van der Waals surface area (Å²) in [5, 5.41) is 2.80. The van der Waals surface area contributed by atoms with E-state index in [9.17, 15) is 9.59 Å². The summed E-state index contributed by atoms with van der Waals surface area (Å²) in [5.41, 5.74) is 0.735. The number of carbonyl (C=O) groups excluding carboxylic acids is 2. The average Bonchev–Trinajstić information content (AvgIpc) is 2.19. The van der Waals surface area contributed by atoms with Gasteiger partial charge in [0.05, 0.1) is 0 Å². The molecule has 0 aliphatic rings. The van der Waals surface area contributed by atoms with Gasteiger partial charge in [-0.3, -0.25) is 14.6 Å². The predicted octanol–water partition coefficient (Wildman–Crippen LogP) is 0.472. The third kappa shape index (κ3) is 3.02. The molecule has 4 nitrogen and oxygen atoms in total. The van der Waals surface area contributed by atoms with Gasteiger partial charge in [-0.15, -0.1) is 0 Å². The lowest BCUT2D eigenvalue weighted by Gasteiger charge is -2.08. The van der Waals surface area contributed by atoms with Gasteiger partial charge in [0.15, 0.2) is 0 Å². The van der Waals surface area contributed by atoms with E-state index in [1.807, 2.05) is 0 Å². The molecular formula is C9H8N2O2. The third-order valence-electron chi connectivity index (χ3n) is 1.45. The summed E-state index contributed by atoms with van der Waals surface area (Å²) < 4.78 is 0. The number of anilines is 1. The SMILES string of the molecule is O=[C]CC([C]=O)Nc1ccncc1. The first-order valence-electron chi connectivity index (χ1n) is 3.76. The Bertz CT molecular complexity index is 274. The largest absolute Gasteiger partial charge is 0.374 e. The maximum absolute atomic E-state index is 10.3. The maximum atomic E-state index is 10.3. The number of nitrogens with zero attached hydrogens (tertiary/aromatic N) is 1. The van der Waals surface area contributed by atoms with Gasteiger partial charge >= 0.3 is 0 Å². The summed E-state index contributed by atoms with van der Waals surface area (Å²) in [6.45, 7) is 0. The zero-order valence-electron chi connectivity index (χ0n) is 6.86. The molecule has 2 radical (unpaired) electrons. The van der Waals surface area contributed by atoms with Crippen molar-refractivity contribution in [3.05, 3.63) is 24.5 Å². The molecule has 0 saturated heterocycles. The van der Waals surface area contributed by atoms with Gasteiger partial charge in [-0.05, 0) is 12.1 Å². The first kappa shape index (κ1) is 9.38. The topological polar surface area (TPSA) is 59.1 Å². The molecule has 66 valence electrons. The first-order chi connectivity index (χ1) is 6.36. The van der Waals surface area contributed by atoms with Gasteiger partial charge in [0.25, 0.3) is 0 Å². The van der Waals surface area contributed by atoms with Crippen LogP contribution < -0.4 is 5.32 Å². The van der Waals surface area contributed by atoms with Gasteiger partial charge in [0.2, 0.25) is 12.6 Å². The Balaban J connectivity index is 2.56. The minimum absolute atomic E-state index is 0.00578. The molecule has 1 atom stereocenters. The van der Waals surface area contributed by atoms with E-state index in [-0.39, 0.29) is 6.42 Å². The quantitative estimate of drug-likeness (QED) is 0.708. The molecule has 0 aliphatic carbocycles. The molecule has 1 N–H and O–H groups in total. The fourth-order valence-corrected chi connectivity index (χ4v) is 0.855. The number of pyridine rings is 1. The van der Waals surface area contributed by atoms with E-state index in [4.69, 9.17) is 0 Å². The lowest BCUT2D eigenvalue weighted by Crippen LogP contribution is -2.21. The van der Waals surface area contributed by atoms with Gasteiger partial charge in [0, 0.05) is 24.5 Å². The smallest absolute Gasteiger partial charge is 0.223 e. The van der Waals surface area contributed by atoms with Crippen molar-refractivity contribution < 1.29 is 9.59 Å². The molecule has 4 heteroatoms. The van der Waals surface area contributed by atoms with Crippen molar-refractivity contribution >= 4 is 18.3 Å². The average molecular weight is 176 g/mol. The zero-order chi connectivity index (χ0) is 9.52. The number of hydrogen-bond acceptors (Lipinski definition) is 4. The van der Waals surface area contributed by atoms with Crippen LogP contribution in [0, 0.1) is 0 Å². The first-order valence-corrected chi connectivity index (χ1v) is 3.76. The van der Waals surface area contributed by atoms with E-state index in [0.717, 1.165) is 5.69 Å². The van der Waals surface area contributed by atoms with Crippen LogP contribution in [-0.4, -0.2) is 23.6 Å². The van der Waals surface area contributed by atoms with Crippen LogP contribution in [0.15, 0.2) is 24.5 Å². The zero-order valence-corrected chi connectivity index (χ0v) is 6.86. The molecule has 0 bridgehead atoms. The minimum Gasteiger partial charge on any atom is -0.374 e. The number of nitrogens with one attached hydrogen (secondary N) is 1. The van der Waals surface area contributed by atoms with Crippen LogP contribution in [0.4, 0.5) is 5.69 Å². The van der Waals surface area contributed by atoms with Gasteiger partial charge in [-0.25, -0.2) is 0 Å². The summed E-state index contributed by atoms with van der Waals surface area (Å²) in [7, 11) is 0. The van der Waals surface area contributed by atoms with Crippen molar-refractivity contribution in [2.75, 3.05) is 5.32 Å². The van der Waals surface area contributed by atoms with Crippen LogP contribution in [0.5, 0.6) is 0 Å². The molecule has 1 unspecified atom stereocenters.